The Morgan fingerprint density at radius 3 is 2.53 bits per heavy atom. The van der Waals surface area contributed by atoms with Gasteiger partial charge in [-0.15, -0.1) is 11.8 Å². The molecule has 3 rings (SSSR count). The van der Waals surface area contributed by atoms with Gasteiger partial charge < -0.3 is 10.2 Å². The molecule has 0 spiro atoms. The van der Waals surface area contributed by atoms with Crippen molar-refractivity contribution in [2.75, 3.05) is 12.8 Å². The summed E-state index contributed by atoms with van der Waals surface area (Å²) in [6.07, 6.45) is 7.24. The molecule has 0 aromatic rings. The Bertz CT molecular complexity index is 292. The number of hydrogen-bond donors (Lipinski definition) is 1. The molecule has 3 nitrogen and oxygen atoms in total. The van der Waals surface area contributed by atoms with Gasteiger partial charge in [-0.25, -0.2) is 0 Å². The van der Waals surface area contributed by atoms with Gasteiger partial charge in [-0.2, -0.15) is 0 Å². The van der Waals surface area contributed by atoms with E-state index in [9.17, 15) is 4.79 Å². The van der Waals surface area contributed by atoms with Crippen molar-refractivity contribution in [3.63, 3.8) is 0 Å². The molecule has 3 heterocycles. The maximum absolute atomic E-state index is 12.4. The zero-order chi connectivity index (χ0) is 11.8. The van der Waals surface area contributed by atoms with Crippen molar-refractivity contribution in [2.45, 2.75) is 61.9 Å². The van der Waals surface area contributed by atoms with E-state index >= 15 is 0 Å². The van der Waals surface area contributed by atoms with Crippen LogP contribution < -0.4 is 5.32 Å². The SMILES string of the molecule is CN(C(=O)C1CCCS1)C1CC2CCC(C1)N2. The van der Waals surface area contributed by atoms with Crippen LogP contribution >= 0.6 is 11.8 Å². The number of piperidine rings is 1. The predicted octanol–water partition coefficient (Wildman–Crippen LogP) is 1.62. The van der Waals surface area contributed by atoms with Gasteiger partial charge in [0, 0.05) is 25.2 Å². The fraction of sp³-hybridized carbons (Fsp3) is 0.923. The number of rotatable bonds is 2. The van der Waals surface area contributed by atoms with Crippen molar-refractivity contribution in [1.82, 2.24) is 10.2 Å². The Morgan fingerprint density at radius 1 is 1.24 bits per heavy atom. The molecule has 1 N–H and O–H groups in total. The Labute approximate surface area is 108 Å². The summed E-state index contributed by atoms with van der Waals surface area (Å²) in [7, 11) is 2.02. The zero-order valence-corrected chi connectivity index (χ0v) is 11.3. The van der Waals surface area contributed by atoms with Gasteiger partial charge in [0.05, 0.1) is 5.25 Å². The molecule has 3 aliphatic rings. The Morgan fingerprint density at radius 2 is 1.94 bits per heavy atom. The van der Waals surface area contributed by atoms with Crippen LogP contribution in [-0.2, 0) is 4.79 Å². The van der Waals surface area contributed by atoms with Gasteiger partial charge in [0.1, 0.15) is 0 Å². The second-order valence-electron chi connectivity index (χ2n) is 5.71. The Balaban J connectivity index is 1.61. The molecule has 4 heteroatoms. The van der Waals surface area contributed by atoms with Crippen LogP contribution in [0.1, 0.15) is 38.5 Å². The summed E-state index contributed by atoms with van der Waals surface area (Å²) >= 11 is 1.85. The fourth-order valence-electron chi connectivity index (χ4n) is 3.52. The molecule has 0 saturated carbocycles. The first-order valence-electron chi connectivity index (χ1n) is 6.88. The maximum atomic E-state index is 12.4. The third kappa shape index (κ3) is 2.34. The molecular weight excluding hydrogens is 232 g/mol. The van der Waals surface area contributed by atoms with Crippen LogP contribution in [0.4, 0.5) is 0 Å². The minimum absolute atomic E-state index is 0.257. The summed E-state index contributed by atoms with van der Waals surface area (Å²) in [4.78, 5) is 14.4. The lowest BCUT2D eigenvalue weighted by Gasteiger charge is -2.36. The average Bonchev–Trinajstić information content (AvgIpc) is 2.97. The molecule has 3 atom stereocenters. The van der Waals surface area contributed by atoms with Crippen LogP contribution in [0.2, 0.25) is 0 Å². The molecule has 17 heavy (non-hydrogen) atoms. The van der Waals surface area contributed by atoms with Crippen molar-refractivity contribution >= 4 is 17.7 Å². The lowest BCUT2D eigenvalue weighted by Crippen LogP contribution is -2.50. The van der Waals surface area contributed by atoms with Gasteiger partial charge in [-0.3, -0.25) is 4.79 Å². The number of carbonyl (C=O) groups is 1. The van der Waals surface area contributed by atoms with E-state index < -0.39 is 0 Å². The maximum Gasteiger partial charge on any atom is 0.235 e. The topological polar surface area (TPSA) is 32.3 Å². The first-order valence-corrected chi connectivity index (χ1v) is 7.93. The smallest absolute Gasteiger partial charge is 0.235 e. The van der Waals surface area contributed by atoms with E-state index in [0.717, 1.165) is 19.3 Å². The highest BCUT2D eigenvalue weighted by Crippen LogP contribution is 2.32. The van der Waals surface area contributed by atoms with E-state index in [2.05, 4.69) is 10.2 Å². The van der Waals surface area contributed by atoms with E-state index in [0.29, 0.717) is 24.0 Å². The normalized spacial score (nSPS) is 40.5. The highest BCUT2D eigenvalue weighted by atomic mass is 32.2. The molecule has 3 aliphatic heterocycles. The first kappa shape index (κ1) is 11.8. The van der Waals surface area contributed by atoms with Gasteiger partial charge in [0.25, 0.3) is 0 Å². The van der Waals surface area contributed by atoms with E-state index in [1.54, 1.807) is 0 Å². The second kappa shape index (κ2) is 4.81. The van der Waals surface area contributed by atoms with E-state index in [1.165, 1.54) is 25.0 Å². The van der Waals surface area contributed by atoms with Crippen molar-refractivity contribution in [3.05, 3.63) is 0 Å². The summed E-state index contributed by atoms with van der Waals surface area (Å²) in [6.45, 7) is 0. The highest BCUT2D eigenvalue weighted by molar-refractivity contribution is 8.00. The summed E-state index contributed by atoms with van der Waals surface area (Å²) < 4.78 is 0. The molecule has 0 aromatic heterocycles. The molecule has 0 aromatic carbocycles. The third-order valence-electron chi connectivity index (χ3n) is 4.55. The predicted molar refractivity (Wildman–Crippen MR) is 71.2 cm³/mol. The minimum atomic E-state index is 0.257. The standard InChI is InChI=1S/C13H22N2OS/c1-15(13(16)12-3-2-6-17-12)11-7-9-4-5-10(8-11)14-9/h9-12,14H,2-8H2,1H3. The third-order valence-corrected chi connectivity index (χ3v) is 5.91. The molecule has 2 bridgehead atoms. The second-order valence-corrected chi connectivity index (χ2v) is 7.02. The number of carbonyl (C=O) groups excluding carboxylic acids is 1. The lowest BCUT2D eigenvalue weighted by atomic mass is 9.98. The molecule has 3 unspecified atom stereocenters. The number of fused-ring (bicyclic) bond motifs is 2. The molecule has 3 saturated heterocycles. The van der Waals surface area contributed by atoms with E-state index in [4.69, 9.17) is 0 Å². The Hall–Kier alpha value is -0.220. The van der Waals surface area contributed by atoms with Gasteiger partial charge in [-0.05, 0) is 44.3 Å². The van der Waals surface area contributed by atoms with Gasteiger partial charge in [0.2, 0.25) is 5.91 Å². The Kier molecular flexibility index (Phi) is 3.35. The summed E-state index contributed by atoms with van der Waals surface area (Å²) in [6, 6.07) is 1.83. The van der Waals surface area contributed by atoms with Crippen molar-refractivity contribution < 1.29 is 4.79 Å². The van der Waals surface area contributed by atoms with E-state index in [-0.39, 0.29) is 5.25 Å². The van der Waals surface area contributed by atoms with Gasteiger partial charge >= 0.3 is 0 Å². The summed E-state index contributed by atoms with van der Waals surface area (Å²) in [5, 5.41) is 3.90. The fourth-order valence-corrected chi connectivity index (χ4v) is 4.78. The minimum Gasteiger partial charge on any atom is -0.342 e. The number of hydrogen-bond acceptors (Lipinski definition) is 3. The van der Waals surface area contributed by atoms with Gasteiger partial charge in [-0.1, -0.05) is 0 Å². The monoisotopic (exact) mass is 254 g/mol. The molecule has 96 valence electrons. The summed E-state index contributed by atoms with van der Waals surface area (Å²) in [5.41, 5.74) is 0. The molecular formula is C13H22N2OS. The van der Waals surface area contributed by atoms with Crippen molar-refractivity contribution in [1.29, 1.82) is 0 Å². The zero-order valence-electron chi connectivity index (χ0n) is 10.5. The van der Waals surface area contributed by atoms with Gasteiger partial charge in [0.15, 0.2) is 0 Å². The first-order chi connectivity index (χ1) is 8.24. The van der Waals surface area contributed by atoms with Crippen LogP contribution in [0.15, 0.2) is 0 Å². The van der Waals surface area contributed by atoms with Crippen LogP contribution in [0.5, 0.6) is 0 Å². The van der Waals surface area contributed by atoms with Crippen LogP contribution in [-0.4, -0.2) is 47.0 Å². The average molecular weight is 254 g/mol. The van der Waals surface area contributed by atoms with Crippen LogP contribution in [0.3, 0.4) is 0 Å². The highest BCUT2D eigenvalue weighted by Gasteiger charge is 2.38. The number of amides is 1. The number of nitrogens with one attached hydrogen (secondary N) is 1. The summed E-state index contributed by atoms with van der Waals surface area (Å²) in [5.74, 6) is 1.56. The number of nitrogens with zero attached hydrogens (tertiary/aromatic N) is 1. The molecule has 0 aliphatic carbocycles. The number of thioether (sulfide) groups is 1. The molecule has 0 radical (unpaired) electrons. The quantitative estimate of drug-likeness (QED) is 0.813. The lowest BCUT2D eigenvalue weighted by molar-refractivity contribution is -0.132. The van der Waals surface area contributed by atoms with E-state index in [1.807, 2.05) is 18.8 Å². The van der Waals surface area contributed by atoms with Crippen LogP contribution in [0, 0.1) is 0 Å². The van der Waals surface area contributed by atoms with Crippen molar-refractivity contribution in [2.24, 2.45) is 0 Å². The molecule has 1 amide bonds. The largest absolute Gasteiger partial charge is 0.342 e. The van der Waals surface area contributed by atoms with Crippen LogP contribution in [0.25, 0.3) is 0 Å². The molecule has 3 fully saturated rings. The van der Waals surface area contributed by atoms with Crippen molar-refractivity contribution in [3.8, 4) is 0 Å².